The van der Waals surface area contributed by atoms with Crippen molar-refractivity contribution in [2.75, 3.05) is 13.1 Å². The van der Waals surface area contributed by atoms with E-state index in [1.54, 1.807) is 17.2 Å². The molecule has 2 fully saturated rings. The van der Waals surface area contributed by atoms with Crippen molar-refractivity contribution < 1.29 is 4.79 Å². The molecule has 2 aliphatic rings. The van der Waals surface area contributed by atoms with Gasteiger partial charge in [0.05, 0.1) is 18.4 Å². The van der Waals surface area contributed by atoms with Crippen LogP contribution in [0.5, 0.6) is 0 Å². The van der Waals surface area contributed by atoms with Crippen molar-refractivity contribution in [2.24, 2.45) is 5.92 Å². The molecule has 0 unspecified atom stereocenters. The van der Waals surface area contributed by atoms with Crippen molar-refractivity contribution in [1.29, 1.82) is 0 Å². The van der Waals surface area contributed by atoms with Crippen LogP contribution >= 0.6 is 0 Å². The van der Waals surface area contributed by atoms with Gasteiger partial charge in [-0.1, -0.05) is 12.8 Å². The summed E-state index contributed by atoms with van der Waals surface area (Å²) in [7, 11) is 0. The Morgan fingerprint density at radius 3 is 2.61 bits per heavy atom. The minimum Gasteiger partial charge on any atom is -0.340 e. The van der Waals surface area contributed by atoms with Crippen LogP contribution in [-0.4, -0.2) is 38.9 Å². The molecule has 1 saturated carbocycles. The summed E-state index contributed by atoms with van der Waals surface area (Å²) in [6, 6.07) is 0.271. The average molecular weight is 248 g/mol. The number of amides is 1. The average Bonchev–Trinajstić information content (AvgIpc) is 3.11. The van der Waals surface area contributed by atoms with Crippen molar-refractivity contribution in [1.82, 2.24) is 19.9 Å². The molecule has 0 aromatic carbocycles. The van der Waals surface area contributed by atoms with Crippen LogP contribution in [-0.2, 0) is 4.79 Å². The Bertz CT molecular complexity index is 397. The number of hydrogen-bond donors (Lipinski definition) is 0. The zero-order valence-electron chi connectivity index (χ0n) is 10.7. The second-order valence-electron chi connectivity index (χ2n) is 5.49. The quantitative estimate of drug-likeness (QED) is 0.817. The highest BCUT2D eigenvalue weighted by Gasteiger charge is 2.30. The molecule has 98 valence electrons. The van der Waals surface area contributed by atoms with E-state index in [0.717, 1.165) is 25.9 Å². The maximum Gasteiger partial charge on any atom is 0.222 e. The zero-order valence-corrected chi connectivity index (χ0v) is 10.7. The SMILES string of the molecule is O=C(CC1CCCC1)N1CC[C@@H](n2nccn2)C1. The molecule has 5 heteroatoms. The van der Waals surface area contributed by atoms with Gasteiger partial charge in [-0.15, -0.1) is 0 Å². The molecule has 1 saturated heterocycles. The van der Waals surface area contributed by atoms with E-state index in [4.69, 9.17) is 0 Å². The van der Waals surface area contributed by atoms with Gasteiger partial charge in [0, 0.05) is 19.5 Å². The van der Waals surface area contributed by atoms with Crippen LogP contribution in [0.25, 0.3) is 0 Å². The Labute approximate surface area is 107 Å². The van der Waals surface area contributed by atoms with Gasteiger partial charge in [-0.25, -0.2) is 0 Å². The number of hydrogen-bond acceptors (Lipinski definition) is 3. The lowest BCUT2D eigenvalue weighted by molar-refractivity contribution is -0.131. The van der Waals surface area contributed by atoms with Gasteiger partial charge in [-0.2, -0.15) is 15.0 Å². The highest BCUT2D eigenvalue weighted by molar-refractivity contribution is 5.76. The van der Waals surface area contributed by atoms with E-state index in [-0.39, 0.29) is 6.04 Å². The second kappa shape index (κ2) is 5.08. The summed E-state index contributed by atoms with van der Waals surface area (Å²) < 4.78 is 0. The zero-order chi connectivity index (χ0) is 12.4. The lowest BCUT2D eigenvalue weighted by atomic mass is 10.0. The summed E-state index contributed by atoms with van der Waals surface area (Å²) in [5.74, 6) is 0.968. The number of carbonyl (C=O) groups is 1. The van der Waals surface area contributed by atoms with Crippen LogP contribution in [0.4, 0.5) is 0 Å². The van der Waals surface area contributed by atoms with Gasteiger partial charge in [-0.3, -0.25) is 4.79 Å². The minimum absolute atomic E-state index is 0.271. The molecule has 1 aliphatic carbocycles. The van der Waals surface area contributed by atoms with Crippen LogP contribution in [0.15, 0.2) is 12.4 Å². The van der Waals surface area contributed by atoms with Crippen LogP contribution in [0, 0.1) is 5.92 Å². The fourth-order valence-corrected chi connectivity index (χ4v) is 3.16. The van der Waals surface area contributed by atoms with Gasteiger partial charge in [0.15, 0.2) is 0 Å². The van der Waals surface area contributed by atoms with Crippen LogP contribution in [0.2, 0.25) is 0 Å². The molecule has 2 heterocycles. The van der Waals surface area contributed by atoms with Gasteiger partial charge in [0.1, 0.15) is 0 Å². The lowest BCUT2D eigenvalue weighted by Gasteiger charge is -2.18. The molecule has 1 amide bonds. The van der Waals surface area contributed by atoms with E-state index >= 15 is 0 Å². The molecule has 1 aromatic rings. The molecule has 1 aliphatic heterocycles. The van der Waals surface area contributed by atoms with Gasteiger partial charge in [0.25, 0.3) is 0 Å². The first kappa shape index (κ1) is 11.7. The van der Waals surface area contributed by atoms with Gasteiger partial charge < -0.3 is 4.90 Å². The second-order valence-corrected chi connectivity index (χ2v) is 5.49. The number of aromatic nitrogens is 3. The molecule has 1 aromatic heterocycles. The first-order valence-corrected chi connectivity index (χ1v) is 6.96. The number of nitrogens with zero attached hydrogens (tertiary/aromatic N) is 4. The predicted octanol–water partition coefficient (Wildman–Crippen LogP) is 1.63. The van der Waals surface area contributed by atoms with E-state index in [0.29, 0.717) is 11.8 Å². The summed E-state index contributed by atoms with van der Waals surface area (Å²) in [4.78, 5) is 15.9. The summed E-state index contributed by atoms with van der Waals surface area (Å²) >= 11 is 0. The van der Waals surface area contributed by atoms with E-state index < -0.39 is 0 Å². The standard InChI is InChI=1S/C13H20N4O/c18-13(9-11-3-1-2-4-11)16-8-5-12(10-16)17-14-6-7-15-17/h6-7,11-12H,1-5,8-10H2/t12-/m1/s1. The number of rotatable bonds is 3. The maximum atomic E-state index is 12.2. The molecule has 0 spiro atoms. The Hall–Kier alpha value is -1.39. The van der Waals surface area contributed by atoms with Crippen molar-refractivity contribution in [3.8, 4) is 0 Å². The first-order valence-electron chi connectivity index (χ1n) is 6.96. The molecular formula is C13H20N4O. The van der Waals surface area contributed by atoms with Crippen LogP contribution < -0.4 is 0 Å². The maximum absolute atomic E-state index is 12.2. The largest absolute Gasteiger partial charge is 0.340 e. The third kappa shape index (κ3) is 2.40. The third-order valence-corrected chi connectivity index (χ3v) is 4.22. The molecule has 3 rings (SSSR count). The van der Waals surface area contributed by atoms with Crippen molar-refractivity contribution in [3.63, 3.8) is 0 Å². The third-order valence-electron chi connectivity index (χ3n) is 4.22. The molecule has 0 N–H and O–H groups in total. The fourth-order valence-electron chi connectivity index (χ4n) is 3.16. The Morgan fingerprint density at radius 1 is 1.17 bits per heavy atom. The van der Waals surface area contributed by atoms with E-state index in [1.165, 1.54) is 25.7 Å². The fraction of sp³-hybridized carbons (Fsp3) is 0.769. The van der Waals surface area contributed by atoms with Crippen molar-refractivity contribution in [3.05, 3.63) is 12.4 Å². The van der Waals surface area contributed by atoms with E-state index in [2.05, 4.69) is 10.2 Å². The highest BCUT2D eigenvalue weighted by Crippen LogP contribution is 2.29. The Balaban J connectivity index is 1.53. The van der Waals surface area contributed by atoms with Crippen molar-refractivity contribution in [2.45, 2.75) is 44.6 Å². The number of carbonyl (C=O) groups excluding carboxylic acids is 1. The van der Waals surface area contributed by atoms with Gasteiger partial charge in [0.2, 0.25) is 5.91 Å². The van der Waals surface area contributed by atoms with Gasteiger partial charge in [-0.05, 0) is 25.2 Å². The molecule has 18 heavy (non-hydrogen) atoms. The molecule has 1 atom stereocenters. The number of likely N-dealkylation sites (tertiary alicyclic amines) is 1. The minimum atomic E-state index is 0.271. The van der Waals surface area contributed by atoms with E-state index in [9.17, 15) is 4.79 Å². The Morgan fingerprint density at radius 2 is 1.89 bits per heavy atom. The van der Waals surface area contributed by atoms with Crippen LogP contribution in [0.1, 0.15) is 44.6 Å². The summed E-state index contributed by atoms with van der Waals surface area (Å²) in [5.41, 5.74) is 0. The Kier molecular flexibility index (Phi) is 3.30. The monoisotopic (exact) mass is 248 g/mol. The molecule has 5 nitrogen and oxygen atoms in total. The highest BCUT2D eigenvalue weighted by atomic mass is 16.2. The molecule has 0 radical (unpaired) electrons. The summed E-state index contributed by atoms with van der Waals surface area (Å²) in [5, 5.41) is 8.33. The normalized spacial score (nSPS) is 24.9. The molecular weight excluding hydrogens is 228 g/mol. The first-order chi connectivity index (χ1) is 8.83. The van der Waals surface area contributed by atoms with Crippen molar-refractivity contribution >= 4 is 5.91 Å². The molecule has 0 bridgehead atoms. The topological polar surface area (TPSA) is 51.0 Å². The lowest BCUT2D eigenvalue weighted by Crippen LogP contribution is -2.30. The van der Waals surface area contributed by atoms with Crippen LogP contribution in [0.3, 0.4) is 0 Å². The summed E-state index contributed by atoms with van der Waals surface area (Å²) in [6.07, 6.45) is 10.2. The predicted molar refractivity (Wildman–Crippen MR) is 66.8 cm³/mol. The summed E-state index contributed by atoms with van der Waals surface area (Å²) in [6.45, 7) is 1.64. The smallest absolute Gasteiger partial charge is 0.222 e. The van der Waals surface area contributed by atoms with E-state index in [1.807, 2.05) is 4.90 Å². The van der Waals surface area contributed by atoms with Gasteiger partial charge >= 0.3 is 0 Å².